The van der Waals surface area contributed by atoms with Crippen molar-refractivity contribution in [1.29, 1.82) is 0 Å². The SMILES string of the molecule is CCNc1cc(NCC2(CCOC)CC2)nc(CC)n1. The van der Waals surface area contributed by atoms with E-state index in [-0.39, 0.29) is 0 Å². The Balaban J connectivity index is 1.96. The molecule has 1 aliphatic carbocycles. The summed E-state index contributed by atoms with van der Waals surface area (Å²) in [6.45, 7) is 6.84. The first-order valence-corrected chi connectivity index (χ1v) is 7.56. The summed E-state index contributed by atoms with van der Waals surface area (Å²) in [5.74, 6) is 2.72. The van der Waals surface area contributed by atoms with Gasteiger partial charge in [0, 0.05) is 39.3 Å². The fraction of sp³-hybridized carbons (Fsp3) is 0.733. The number of anilines is 2. The van der Waals surface area contributed by atoms with E-state index < -0.39 is 0 Å². The molecule has 0 spiro atoms. The molecule has 112 valence electrons. The van der Waals surface area contributed by atoms with Crippen molar-refractivity contribution in [1.82, 2.24) is 9.97 Å². The van der Waals surface area contributed by atoms with E-state index in [1.165, 1.54) is 12.8 Å². The Morgan fingerprint density at radius 2 is 1.90 bits per heavy atom. The fourth-order valence-electron chi connectivity index (χ4n) is 2.31. The zero-order valence-electron chi connectivity index (χ0n) is 12.8. The second-order valence-corrected chi connectivity index (χ2v) is 5.53. The smallest absolute Gasteiger partial charge is 0.132 e. The maximum atomic E-state index is 5.19. The molecular formula is C15H26N4O. The molecule has 1 heterocycles. The molecule has 1 aromatic heterocycles. The highest BCUT2D eigenvalue weighted by Crippen LogP contribution is 2.48. The highest BCUT2D eigenvalue weighted by atomic mass is 16.5. The summed E-state index contributed by atoms with van der Waals surface area (Å²) in [6, 6.07) is 2.00. The maximum Gasteiger partial charge on any atom is 0.132 e. The maximum absolute atomic E-state index is 5.19. The summed E-state index contributed by atoms with van der Waals surface area (Å²) in [5.41, 5.74) is 0.422. The summed E-state index contributed by atoms with van der Waals surface area (Å²) in [5, 5.41) is 6.74. The van der Waals surface area contributed by atoms with Crippen molar-refractivity contribution in [3.63, 3.8) is 0 Å². The highest BCUT2D eigenvalue weighted by molar-refractivity contribution is 5.47. The number of aromatic nitrogens is 2. The second-order valence-electron chi connectivity index (χ2n) is 5.53. The third-order valence-corrected chi connectivity index (χ3v) is 3.88. The van der Waals surface area contributed by atoms with Gasteiger partial charge < -0.3 is 15.4 Å². The topological polar surface area (TPSA) is 59.1 Å². The number of nitrogens with zero attached hydrogens (tertiary/aromatic N) is 2. The molecule has 5 heteroatoms. The monoisotopic (exact) mass is 278 g/mol. The van der Waals surface area contributed by atoms with Crippen LogP contribution >= 0.6 is 0 Å². The number of methoxy groups -OCH3 is 1. The van der Waals surface area contributed by atoms with Crippen molar-refractivity contribution in [3.05, 3.63) is 11.9 Å². The molecule has 1 aliphatic rings. The van der Waals surface area contributed by atoms with E-state index in [1.54, 1.807) is 7.11 Å². The van der Waals surface area contributed by atoms with Crippen LogP contribution < -0.4 is 10.6 Å². The molecule has 0 saturated heterocycles. The van der Waals surface area contributed by atoms with Crippen LogP contribution in [0.5, 0.6) is 0 Å². The van der Waals surface area contributed by atoms with E-state index in [0.29, 0.717) is 5.41 Å². The van der Waals surface area contributed by atoms with E-state index in [9.17, 15) is 0 Å². The molecule has 0 aliphatic heterocycles. The Labute approximate surface area is 121 Å². The molecule has 1 aromatic rings. The van der Waals surface area contributed by atoms with Gasteiger partial charge in [0.15, 0.2) is 0 Å². The second kappa shape index (κ2) is 6.88. The third kappa shape index (κ3) is 4.07. The van der Waals surface area contributed by atoms with Gasteiger partial charge in [0.2, 0.25) is 0 Å². The average Bonchev–Trinajstić information content (AvgIpc) is 3.24. The van der Waals surface area contributed by atoms with E-state index in [2.05, 4.69) is 34.4 Å². The largest absolute Gasteiger partial charge is 0.385 e. The summed E-state index contributed by atoms with van der Waals surface area (Å²) in [4.78, 5) is 9.02. The van der Waals surface area contributed by atoms with Crippen molar-refractivity contribution in [2.24, 2.45) is 5.41 Å². The first-order chi connectivity index (χ1) is 9.71. The minimum Gasteiger partial charge on any atom is -0.385 e. The molecule has 1 fully saturated rings. The van der Waals surface area contributed by atoms with Crippen molar-refractivity contribution in [2.75, 3.05) is 37.4 Å². The normalized spacial score (nSPS) is 15.9. The lowest BCUT2D eigenvalue weighted by atomic mass is 10.0. The standard InChI is InChI=1S/C15H26N4O/c1-4-12-18-13(16-5-2)10-14(19-12)17-11-15(6-7-15)8-9-20-3/h10H,4-9,11H2,1-3H3,(H2,16,17,18,19). The van der Waals surface area contributed by atoms with Crippen molar-refractivity contribution < 1.29 is 4.74 Å². The fourth-order valence-corrected chi connectivity index (χ4v) is 2.31. The van der Waals surface area contributed by atoms with Crippen LogP contribution in [0.15, 0.2) is 6.07 Å². The molecule has 0 atom stereocenters. The summed E-state index contributed by atoms with van der Waals surface area (Å²) < 4.78 is 5.19. The Hall–Kier alpha value is -1.36. The summed E-state index contributed by atoms with van der Waals surface area (Å²) in [6.07, 6.45) is 4.55. The van der Waals surface area contributed by atoms with Crippen LogP contribution in [-0.2, 0) is 11.2 Å². The predicted octanol–water partition coefficient (Wildman–Crippen LogP) is 2.70. The molecule has 0 radical (unpaired) electrons. The van der Waals surface area contributed by atoms with Crippen molar-refractivity contribution in [2.45, 2.75) is 39.5 Å². The molecule has 0 amide bonds. The Kier molecular flexibility index (Phi) is 5.17. The molecule has 5 nitrogen and oxygen atoms in total. The van der Waals surface area contributed by atoms with Gasteiger partial charge in [-0.1, -0.05) is 6.92 Å². The van der Waals surface area contributed by atoms with E-state index in [4.69, 9.17) is 4.74 Å². The highest BCUT2D eigenvalue weighted by Gasteiger charge is 2.41. The number of hydrogen-bond acceptors (Lipinski definition) is 5. The number of nitrogens with one attached hydrogen (secondary N) is 2. The minimum atomic E-state index is 0.422. The first kappa shape index (κ1) is 15.0. The van der Waals surface area contributed by atoms with Crippen LogP contribution in [0.25, 0.3) is 0 Å². The van der Waals surface area contributed by atoms with Crippen molar-refractivity contribution in [3.8, 4) is 0 Å². The number of rotatable bonds is 9. The van der Waals surface area contributed by atoms with Crippen molar-refractivity contribution >= 4 is 11.6 Å². The zero-order valence-corrected chi connectivity index (χ0v) is 12.8. The number of ether oxygens (including phenoxy) is 1. The first-order valence-electron chi connectivity index (χ1n) is 7.56. The van der Waals surface area contributed by atoms with Crippen LogP contribution in [0, 0.1) is 5.41 Å². The van der Waals surface area contributed by atoms with E-state index in [1.807, 2.05) is 6.07 Å². The van der Waals surface area contributed by atoms with E-state index in [0.717, 1.165) is 50.0 Å². The van der Waals surface area contributed by atoms with Gasteiger partial charge in [-0.25, -0.2) is 9.97 Å². The lowest BCUT2D eigenvalue weighted by Crippen LogP contribution is -2.18. The average molecular weight is 278 g/mol. The number of hydrogen-bond donors (Lipinski definition) is 2. The molecule has 0 aromatic carbocycles. The lowest BCUT2D eigenvalue weighted by Gasteiger charge is -2.16. The molecule has 1 saturated carbocycles. The molecule has 0 unspecified atom stereocenters. The van der Waals surface area contributed by atoms with E-state index >= 15 is 0 Å². The molecule has 2 N–H and O–H groups in total. The lowest BCUT2D eigenvalue weighted by molar-refractivity contribution is 0.175. The Morgan fingerprint density at radius 1 is 1.20 bits per heavy atom. The summed E-state index contributed by atoms with van der Waals surface area (Å²) >= 11 is 0. The zero-order chi connectivity index (χ0) is 14.4. The van der Waals surface area contributed by atoms with Crippen LogP contribution in [0.2, 0.25) is 0 Å². The Morgan fingerprint density at radius 3 is 2.45 bits per heavy atom. The van der Waals surface area contributed by atoms with Gasteiger partial charge in [-0.05, 0) is 31.6 Å². The van der Waals surface area contributed by atoms with Gasteiger partial charge in [0.05, 0.1) is 0 Å². The van der Waals surface area contributed by atoms with Gasteiger partial charge in [0.25, 0.3) is 0 Å². The van der Waals surface area contributed by atoms with Crippen LogP contribution in [-0.4, -0.2) is 36.8 Å². The molecule has 2 rings (SSSR count). The van der Waals surface area contributed by atoms with Gasteiger partial charge in [0.1, 0.15) is 17.5 Å². The predicted molar refractivity (Wildman–Crippen MR) is 82.2 cm³/mol. The molecule has 0 bridgehead atoms. The summed E-state index contributed by atoms with van der Waals surface area (Å²) in [7, 11) is 1.77. The molecule has 20 heavy (non-hydrogen) atoms. The van der Waals surface area contributed by atoms with Crippen LogP contribution in [0.4, 0.5) is 11.6 Å². The van der Waals surface area contributed by atoms with Crippen LogP contribution in [0.1, 0.15) is 38.9 Å². The van der Waals surface area contributed by atoms with Crippen LogP contribution in [0.3, 0.4) is 0 Å². The van der Waals surface area contributed by atoms with Gasteiger partial charge in [-0.2, -0.15) is 0 Å². The quantitative estimate of drug-likeness (QED) is 0.727. The minimum absolute atomic E-state index is 0.422. The molecular weight excluding hydrogens is 252 g/mol. The van der Waals surface area contributed by atoms with Gasteiger partial charge in [-0.15, -0.1) is 0 Å². The Bertz CT molecular complexity index is 432. The number of aryl methyl sites for hydroxylation is 1. The van der Waals surface area contributed by atoms with Gasteiger partial charge in [-0.3, -0.25) is 0 Å². The third-order valence-electron chi connectivity index (χ3n) is 3.88. The van der Waals surface area contributed by atoms with Gasteiger partial charge >= 0.3 is 0 Å².